The predicted molar refractivity (Wildman–Crippen MR) is 79.9 cm³/mol. The Balaban J connectivity index is 1.94. The van der Waals surface area contributed by atoms with Gasteiger partial charge in [-0.15, -0.1) is 0 Å². The van der Waals surface area contributed by atoms with Gasteiger partial charge in [-0.1, -0.05) is 12.1 Å². The molecule has 1 fully saturated rings. The van der Waals surface area contributed by atoms with Gasteiger partial charge in [-0.25, -0.2) is 0 Å². The van der Waals surface area contributed by atoms with Crippen molar-refractivity contribution in [3.63, 3.8) is 0 Å². The molecule has 114 valence electrons. The fraction of sp³-hybridized carbons (Fsp3) is 0.500. The molecule has 0 bridgehead atoms. The maximum Gasteiger partial charge on any atom is 0.292 e. The zero-order chi connectivity index (χ0) is 15.5. The van der Waals surface area contributed by atoms with Gasteiger partial charge in [0, 0.05) is 12.6 Å². The molecule has 0 radical (unpaired) electrons. The van der Waals surface area contributed by atoms with Gasteiger partial charge >= 0.3 is 0 Å². The summed E-state index contributed by atoms with van der Waals surface area (Å²) in [5.41, 5.74) is 5.64. The molecule has 4 N–H and O–H groups in total. The van der Waals surface area contributed by atoms with Gasteiger partial charge in [0.05, 0.1) is 17.0 Å². The fourth-order valence-electron chi connectivity index (χ4n) is 2.36. The third-order valence-electron chi connectivity index (χ3n) is 3.87. The molecule has 2 rings (SSSR count). The number of nitro groups is 1. The molecule has 0 spiro atoms. The predicted octanol–water partition coefficient (Wildman–Crippen LogP) is 1.25. The molecule has 1 aromatic rings. The maximum absolute atomic E-state index is 12.0. The lowest BCUT2D eigenvalue weighted by Gasteiger charge is -2.29. The first-order chi connectivity index (χ1) is 9.96. The van der Waals surface area contributed by atoms with Crippen LogP contribution in [-0.2, 0) is 4.79 Å². The summed E-state index contributed by atoms with van der Waals surface area (Å²) in [6, 6.07) is 6.24. The van der Waals surface area contributed by atoms with Crippen LogP contribution in [0.3, 0.4) is 0 Å². The van der Waals surface area contributed by atoms with E-state index >= 15 is 0 Å². The molecule has 0 aromatic heterocycles. The molecule has 7 nitrogen and oxygen atoms in total. The van der Waals surface area contributed by atoms with E-state index in [4.69, 9.17) is 5.73 Å². The molecular formula is C14H20N4O3. The lowest BCUT2D eigenvalue weighted by Crippen LogP contribution is -2.54. The highest BCUT2D eigenvalue weighted by atomic mass is 16.6. The molecule has 0 saturated heterocycles. The topological polar surface area (TPSA) is 110 Å². The molecule has 1 aromatic carbocycles. The Hall–Kier alpha value is -2.15. The monoisotopic (exact) mass is 292 g/mol. The number of benzene rings is 1. The van der Waals surface area contributed by atoms with Crippen molar-refractivity contribution in [2.24, 2.45) is 11.7 Å². The number of nitrogens with zero attached hydrogens (tertiary/aromatic N) is 1. The molecule has 1 saturated carbocycles. The van der Waals surface area contributed by atoms with Crippen LogP contribution < -0.4 is 16.4 Å². The van der Waals surface area contributed by atoms with Gasteiger partial charge in [-0.2, -0.15) is 0 Å². The number of nitrogens with one attached hydrogen (secondary N) is 2. The van der Waals surface area contributed by atoms with Gasteiger partial charge in [-0.05, 0) is 31.7 Å². The van der Waals surface area contributed by atoms with E-state index in [9.17, 15) is 14.9 Å². The molecule has 1 atom stereocenters. The molecule has 21 heavy (non-hydrogen) atoms. The van der Waals surface area contributed by atoms with Gasteiger partial charge in [0.1, 0.15) is 5.69 Å². The van der Waals surface area contributed by atoms with Crippen LogP contribution in [-0.4, -0.2) is 29.5 Å². The summed E-state index contributed by atoms with van der Waals surface area (Å²) in [6.07, 6.45) is 2.15. The first kappa shape index (κ1) is 15.2. The highest BCUT2D eigenvalue weighted by Crippen LogP contribution is 2.38. The molecule has 1 unspecified atom stereocenters. The maximum atomic E-state index is 12.0. The Kier molecular flexibility index (Phi) is 4.42. The average Bonchev–Trinajstić information content (AvgIpc) is 3.30. The Morgan fingerprint density at radius 3 is 2.71 bits per heavy atom. The smallest absolute Gasteiger partial charge is 0.292 e. The number of hydrogen-bond acceptors (Lipinski definition) is 5. The lowest BCUT2D eigenvalue weighted by atomic mass is 9.96. The van der Waals surface area contributed by atoms with Gasteiger partial charge in [0.15, 0.2) is 0 Å². The number of para-hydroxylation sites is 2. The Morgan fingerprint density at radius 1 is 1.48 bits per heavy atom. The van der Waals surface area contributed by atoms with Gasteiger partial charge < -0.3 is 16.4 Å². The van der Waals surface area contributed by atoms with E-state index in [0.29, 0.717) is 18.2 Å². The third kappa shape index (κ3) is 3.69. The van der Waals surface area contributed by atoms with Crippen molar-refractivity contribution in [1.29, 1.82) is 0 Å². The van der Waals surface area contributed by atoms with Crippen LogP contribution in [0.25, 0.3) is 0 Å². The SMILES string of the molecule is CC(CN)(NC(=O)CNc1ccccc1[N+](=O)[O-])C1CC1. The van der Waals surface area contributed by atoms with Crippen LogP contribution >= 0.6 is 0 Å². The largest absolute Gasteiger partial charge is 0.371 e. The molecule has 0 heterocycles. The van der Waals surface area contributed by atoms with Gasteiger partial charge in [0.2, 0.25) is 5.91 Å². The number of amides is 1. The third-order valence-corrected chi connectivity index (χ3v) is 3.87. The van der Waals surface area contributed by atoms with E-state index in [0.717, 1.165) is 12.8 Å². The lowest BCUT2D eigenvalue weighted by molar-refractivity contribution is -0.383. The van der Waals surface area contributed by atoms with E-state index < -0.39 is 4.92 Å². The van der Waals surface area contributed by atoms with Crippen molar-refractivity contribution in [1.82, 2.24) is 5.32 Å². The average molecular weight is 292 g/mol. The van der Waals surface area contributed by atoms with Gasteiger partial charge in [-0.3, -0.25) is 14.9 Å². The van der Waals surface area contributed by atoms with E-state index in [2.05, 4.69) is 10.6 Å². The second-order valence-corrected chi connectivity index (χ2v) is 5.57. The number of carbonyl (C=O) groups is 1. The van der Waals surface area contributed by atoms with E-state index in [1.54, 1.807) is 18.2 Å². The van der Waals surface area contributed by atoms with Crippen molar-refractivity contribution >= 4 is 17.3 Å². The number of hydrogen-bond donors (Lipinski definition) is 3. The second kappa shape index (κ2) is 6.09. The van der Waals surface area contributed by atoms with Crippen LogP contribution in [0.5, 0.6) is 0 Å². The Labute approximate surface area is 123 Å². The summed E-state index contributed by atoms with van der Waals surface area (Å²) >= 11 is 0. The molecule has 1 aliphatic carbocycles. The van der Waals surface area contributed by atoms with E-state index in [1.165, 1.54) is 6.07 Å². The van der Waals surface area contributed by atoms with Crippen LogP contribution in [0.4, 0.5) is 11.4 Å². The van der Waals surface area contributed by atoms with E-state index in [1.807, 2.05) is 6.92 Å². The number of rotatable bonds is 7. The summed E-state index contributed by atoms with van der Waals surface area (Å²) in [6.45, 7) is 2.30. The van der Waals surface area contributed by atoms with Crippen molar-refractivity contribution < 1.29 is 9.72 Å². The molecule has 1 aliphatic rings. The van der Waals surface area contributed by atoms with Gasteiger partial charge in [0.25, 0.3) is 5.69 Å². The Bertz CT molecular complexity index is 545. The van der Waals surface area contributed by atoms with Crippen molar-refractivity contribution in [2.45, 2.75) is 25.3 Å². The molecule has 1 amide bonds. The molecular weight excluding hydrogens is 272 g/mol. The highest BCUT2D eigenvalue weighted by Gasteiger charge is 2.41. The minimum atomic E-state index is -0.478. The summed E-state index contributed by atoms with van der Waals surface area (Å²) in [5.74, 6) is 0.213. The summed E-state index contributed by atoms with van der Waals surface area (Å²) in [7, 11) is 0. The highest BCUT2D eigenvalue weighted by molar-refractivity contribution is 5.82. The van der Waals surface area contributed by atoms with Crippen molar-refractivity contribution in [2.75, 3.05) is 18.4 Å². The number of carbonyl (C=O) groups excluding carboxylic acids is 1. The standard InChI is InChI=1S/C14H20N4O3/c1-14(9-15,10-6-7-10)17-13(19)8-16-11-4-2-3-5-12(11)18(20)21/h2-5,10,16H,6-9,15H2,1H3,(H,17,19). The minimum absolute atomic E-state index is 0.0207. The number of nitro benzene ring substituents is 1. The van der Waals surface area contributed by atoms with Crippen LogP contribution in [0, 0.1) is 16.0 Å². The quantitative estimate of drug-likeness (QED) is 0.517. The van der Waals surface area contributed by atoms with Crippen LogP contribution in [0.2, 0.25) is 0 Å². The molecule has 0 aliphatic heterocycles. The van der Waals surface area contributed by atoms with E-state index in [-0.39, 0.29) is 23.7 Å². The number of nitrogens with two attached hydrogens (primary N) is 1. The normalized spacial score (nSPS) is 16.9. The number of anilines is 1. The van der Waals surface area contributed by atoms with Crippen LogP contribution in [0.15, 0.2) is 24.3 Å². The first-order valence-electron chi connectivity index (χ1n) is 6.94. The zero-order valence-electron chi connectivity index (χ0n) is 12.0. The fourth-order valence-corrected chi connectivity index (χ4v) is 2.36. The van der Waals surface area contributed by atoms with Crippen molar-refractivity contribution in [3.05, 3.63) is 34.4 Å². The minimum Gasteiger partial charge on any atom is -0.371 e. The summed E-state index contributed by atoms with van der Waals surface area (Å²) in [5, 5.41) is 16.6. The summed E-state index contributed by atoms with van der Waals surface area (Å²) < 4.78 is 0. The second-order valence-electron chi connectivity index (χ2n) is 5.57. The summed E-state index contributed by atoms with van der Waals surface area (Å²) in [4.78, 5) is 22.4. The zero-order valence-corrected chi connectivity index (χ0v) is 12.0. The Morgan fingerprint density at radius 2 is 2.14 bits per heavy atom. The van der Waals surface area contributed by atoms with Crippen molar-refractivity contribution in [3.8, 4) is 0 Å². The molecule has 7 heteroatoms. The van der Waals surface area contributed by atoms with Crippen LogP contribution in [0.1, 0.15) is 19.8 Å². The first-order valence-corrected chi connectivity index (χ1v) is 6.94.